The Balaban J connectivity index is 2.47. The van der Waals surface area contributed by atoms with Crippen LogP contribution in [-0.4, -0.2) is 51.7 Å². The van der Waals surface area contributed by atoms with Crippen molar-refractivity contribution < 1.29 is 17.9 Å². The smallest absolute Gasteiger partial charge is 0.360 e. The number of carbonyl (C=O) groups excluding carboxylic acids is 1. The quantitative estimate of drug-likeness (QED) is 0.687. The molecule has 0 spiro atoms. The molecule has 18 heavy (non-hydrogen) atoms. The first-order valence-electron chi connectivity index (χ1n) is 4.47. The molecule has 0 unspecified atom stereocenters. The second-order valence-corrected chi connectivity index (χ2v) is 5.78. The van der Waals surface area contributed by atoms with Gasteiger partial charge in [-0.2, -0.15) is 0 Å². The van der Waals surface area contributed by atoms with Crippen molar-refractivity contribution in [3.63, 3.8) is 0 Å². The Morgan fingerprint density at radius 2 is 2.17 bits per heavy atom. The highest BCUT2D eigenvalue weighted by Crippen LogP contribution is 2.24. The van der Waals surface area contributed by atoms with Gasteiger partial charge in [0.05, 0.1) is 19.6 Å². The van der Waals surface area contributed by atoms with Crippen LogP contribution in [0, 0.1) is 0 Å². The van der Waals surface area contributed by atoms with Crippen molar-refractivity contribution in [2.24, 2.45) is 0 Å². The van der Waals surface area contributed by atoms with Crippen LogP contribution in [0.5, 0.6) is 0 Å². The van der Waals surface area contributed by atoms with Gasteiger partial charge >= 0.3 is 5.97 Å². The fourth-order valence-electron chi connectivity index (χ4n) is 1.10. The van der Waals surface area contributed by atoms with Crippen molar-refractivity contribution in [3.05, 3.63) is 11.9 Å². The molecule has 0 aliphatic rings. The largest absolute Gasteiger partial charge is 0.464 e. The van der Waals surface area contributed by atoms with Gasteiger partial charge in [0.15, 0.2) is 5.69 Å². The summed E-state index contributed by atoms with van der Waals surface area (Å²) < 4.78 is 31.3. The molecule has 0 fully saturated rings. The fourth-order valence-corrected chi connectivity index (χ4v) is 2.17. The van der Waals surface area contributed by atoms with Crippen molar-refractivity contribution in [2.75, 3.05) is 13.4 Å². The van der Waals surface area contributed by atoms with Crippen LogP contribution < -0.4 is 0 Å². The van der Waals surface area contributed by atoms with Crippen LogP contribution >= 0.6 is 11.5 Å². The number of carbonyl (C=O) groups is 1. The summed E-state index contributed by atoms with van der Waals surface area (Å²) in [6, 6.07) is 0. The van der Waals surface area contributed by atoms with E-state index < -0.39 is 16.0 Å². The summed E-state index contributed by atoms with van der Waals surface area (Å²) in [6.45, 7) is 0. The van der Waals surface area contributed by atoms with E-state index in [1.54, 1.807) is 0 Å². The number of hydrogen-bond donors (Lipinski definition) is 0. The lowest BCUT2D eigenvalue weighted by Crippen LogP contribution is -2.10. The molecule has 0 saturated carbocycles. The minimum absolute atomic E-state index is 0.0250. The first-order valence-corrected chi connectivity index (χ1v) is 7.09. The van der Waals surface area contributed by atoms with E-state index in [-0.39, 0.29) is 11.4 Å². The fraction of sp³-hybridized carbons (Fsp3) is 0.286. The maximum absolute atomic E-state index is 11.4. The van der Waals surface area contributed by atoms with Gasteiger partial charge in [0.2, 0.25) is 0 Å². The van der Waals surface area contributed by atoms with Gasteiger partial charge in [-0.25, -0.2) is 13.2 Å². The van der Waals surface area contributed by atoms with E-state index in [1.165, 1.54) is 13.3 Å². The average Bonchev–Trinajstić information content (AvgIpc) is 2.94. The highest BCUT2D eigenvalue weighted by molar-refractivity contribution is 7.89. The normalized spacial score (nSPS) is 11.4. The SMILES string of the molecule is COC(=O)c1nnsc1-c1cn(S(C)(=O)=O)nn1. The first-order chi connectivity index (χ1) is 8.43. The third kappa shape index (κ3) is 2.22. The van der Waals surface area contributed by atoms with Crippen LogP contribution in [0.15, 0.2) is 6.20 Å². The van der Waals surface area contributed by atoms with E-state index in [2.05, 4.69) is 24.6 Å². The molecule has 9 nitrogen and oxygen atoms in total. The van der Waals surface area contributed by atoms with Gasteiger partial charge in [-0.15, -0.1) is 14.3 Å². The Hall–Kier alpha value is -1.88. The summed E-state index contributed by atoms with van der Waals surface area (Å²) in [5, 5.41) is 10.7. The van der Waals surface area contributed by atoms with Crippen LogP contribution in [0.2, 0.25) is 0 Å². The maximum atomic E-state index is 11.4. The minimum Gasteiger partial charge on any atom is -0.464 e. The van der Waals surface area contributed by atoms with Crippen LogP contribution in [0.1, 0.15) is 10.5 Å². The van der Waals surface area contributed by atoms with Gasteiger partial charge in [-0.1, -0.05) is 9.70 Å². The molecule has 0 radical (unpaired) electrons. The zero-order valence-corrected chi connectivity index (χ0v) is 10.9. The molecular formula is C7H7N5O4S2. The van der Waals surface area contributed by atoms with E-state index in [4.69, 9.17) is 0 Å². The number of esters is 1. The van der Waals surface area contributed by atoms with Crippen molar-refractivity contribution in [2.45, 2.75) is 0 Å². The molecule has 0 saturated heterocycles. The summed E-state index contributed by atoms with van der Waals surface area (Å²) in [5.74, 6) is -0.673. The highest BCUT2D eigenvalue weighted by atomic mass is 32.2. The van der Waals surface area contributed by atoms with Crippen LogP contribution in [0.3, 0.4) is 0 Å². The molecular weight excluding hydrogens is 282 g/mol. The lowest BCUT2D eigenvalue weighted by molar-refractivity contribution is 0.0595. The third-order valence-corrected chi connectivity index (χ3v) is 3.52. The molecule has 0 atom stereocenters. The Bertz CT molecular complexity index is 688. The van der Waals surface area contributed by atoms with Crippen molar-refractivity contribution >= 4 is 27.5 Å². The molecule has 0 N–H and O–H groups in total. The van der Waals surface area contributed by atoms with Crippen LogP contribution in [-0.2, 0) is 14.8 Å². The Morgan fingerprint density at radius 1 is 1.44 bits per heavy atom. The maximum Gasteiger partial charge on any atom is 0.360 e. The lowest BCUT2D eigenvalue weighted by Gasteiger charge is -1.95. The average molecular weight is 289 g/mol. The number of rotatable bonds is 3. The van der Waals surface area contributed by atoms with E-state index in [0.29, 0.717) is 8.96 Å². The number of hydrogen-bond acceptors (Lipinski definition) is 9. The van der Waals surface area contributed by atoms with Gasteiger partial charge in [-0.05, 0) is 11.5 Å². The standard InChI is InChI=1S/C7H7N5O4S2/c1-16-7(13)5-6(17-11-9-5)4-3-12(10-8-4)18(2,14)15/h3H,1-2H3. The van der Waals surface area contributed by atoms with E-state index in [0.717, 1.165) is 17.8 Å². The topological polar surface area (TPSA) is 117 Å². The van der Waals surface area contributed by atoms with Gasteiger partial charge in [-0.3, -0.25) is 0 Å². The third-order valence-electron chi connectivity index (χ3n) is 1.91. The number of ether oxygens (including phenoxy) is 1. The molecule has 11 heteroatoms. The van der Waals surface area contributed by atoms with Crippen LogP contribution in [0.4, 0.5) is 0 Å². The van der Waals surface area contributed by atoms with Crippen LogP contribution in [0.25, 0.3) is 10.6 Å². The molecule has 2 aromatic heterocycles. The summed E-state index contributed by atoms with van der Waals surface area (Å²) in [5.41, 5.74) is 0.166. The van der Waals surface area contributed by atoms with Gasteiger partial charge in [0, 0.05) is 0 Å². The molecule has 0 aromatic carbocycles. The number of aromatic nitrogens is 5. The van der Waals surface area contributed by atoms with E-state index >= 15 is 0 Å². The number of nitrogens with zero attached hydrogens (tertiary/aromatic N) is 5. The summed E-state index contributed by atoms with van der Waals surface area (Å²) in [4.78, 5) is 11.7. The molecule has 2 aromatic rings. The molecule has 0 amide bonds. The van der Waals surface area contributed by atoms with Gasteiger partial charge in [0.25, 0.3) is 10.0 Å². The summed E-state index contributed by atoms with van der Waals surface area (Å²) in [7, 11) is -2.31. The first kappa shape index (κ1) is 12.6. The van der Waals surface area contributed by atoms with Gasteiger partial charge < -0.3 is 4.74 Å². The Kier molecular flexibility index (Phi) is 3.09. The van der Waals surface area contributed by atoms with E-state index in [9.17, 15) is 13.2 Å². The predicted molar refractivity (Wildman–Crippen MR) is 60.5 cm³/mol. The van der Waals surface area contributed by atoms with E-state index in [1.807, 2.05) is 0 Å². The monoisotopic (exact) mass is 289 g/mol. The predicted octanol–water partition coefficient (Wildman–Crippen LogP) is -0.609. The molecule has 0 aliphatic heterocycles. The molecule has 0 bridgehead atoms. The summed E-state index contributed by atoms with van der Waals surface area (Å²) in [6.07, 6.45) is 2.16. The van der Waals surface area contributed by atoms with Crippen molar-refractivity contribution in [3.8, 4) is 10.6 Å². The molecule has 0 aliphatic carbocycles. The van der Waals surface area contributed by atoms with Crippen molar-refractivity contribution in [1.82, 2.24) is 24.0 Å². The highest BCUT2D eigenvalue weighted by Gasteiger charge is 2.21. The molecule has 2 heterocycles. The van der Waals surface area contributed by atoms with Gasteiger partial charge in [0.1, 0.15) is 10.6 Å². The van der Waals surface area contributed by atoms with Crippen molar-refractivity contribution in [1.29, 1.82) is 0 Å². The second kappa shape index (κ2) is 4.42. The Morgan fingerprint density at radius 3 is 2.72 bits per heavy atom. The number of methoxy groups -OCH3 is 1. The molecule has 96 valence electrons. The Labute approximate surface area is 106 Å². The zero-order valence-electron chi connectivity index (χ0n) is 9.26. The minimum atomic E-state index is -3.52. The lowest BCUT2D eigenvalue weighted by atomic mass is 10.3. The second-order valence-electron chi connectivity index (χ2n) is 3.18. The molecule has 2 rings (SSSR count). The summed E-state index contributed by atoms with van der Waals surface area (Å²) >= 11 is 0.898. The zero-order chi connectivity index (χ0) is 13.3.